The predicted octanol–water partition coefficient (Wildman–Crippen LogP) is 4.97. The standard InChI is InChI=1S/C34H37Cl2N9O4/c1-3-24(2)45-33(46)43(23-39-45)28-7-5-26(6-8-28)41-14-16-42(17-15-41)27-9-11-29(12-10-27)47-19-30-20-48-34(49-30,21-44-38-22-37-40-44)31-13-4-25(35)18-32(31)36/h4-13,18,22-24,30H,3,14-17,19-21H2,1-2H3/t24?,30-,34-/m1/s1. The van der Waals surface area contributed by atoms with Gasteiger partial charge in [-0.2, -0.15) is 9.90 Å². The Morgan fingerprint density at radius 3 is 2.24 bits per heavy atom. The van der Waals surface area contributed by atoms with E-state index < -0.39 is 5.79 Å². The van der Waals surface area contributed by atoms with E-state index in [9.17, 15) is 4.79 Å². The van der Waals surface area contributed by atoms with Crippen LogP contribution in [-0.2, 0) is 21.8 Å². The largest absolute Gasteiger partial charge is 0.491 e. The fraction of sp³-hybridized carbons (Fsp3) is 0.382. The first-order valence-electron chi connectivity index (χ1n) is 16.3. The molecular formula is C34H37Cl2N9O4. The summed E-state index contributed by atoms with van der Waals surface area (Å²) in [6.45, 7) is 8.30. The zero-order valence-electron chi connectivity index (χ0n) is 27.2. The van der Waals surface area contributed by atoms with E-state index in [0.29, 0.717) is 22.2 Å². The molecule has 0 radical (unpaired) electrons. The number of rotatable bonds is 11. The molecule has 2 fully saturated rings. The average Bonchev–Trinajstić information content (AvgIpc) is 3.88. The number of halogens is 2. The maximum atomic E-state index is 12.8. The van der Waals surface area contributed by atoms with Gasteiger partial charge in [-0.1, -0.05) is 36.2 Å². The Balaban J connectivity index is 0.925. The number of tetrazole rings is 1. The molecule has 7 rings (SSSR count). The van der Waals surface area contributed by atoms with Crippen LogP contribution >= 0.6 is 23.2 Å². The number of hydrogen-bond acceptors (Lipinski definition) is 10. The van der Waals surface area contributed by atoms with Gasteiger partial charge in [-0.15, -0.1) is 10.2 Å². The second kappa shape index (κ2) is 14.2. The van der Waals surface area contributed by atoms with Gasteiger partial charge >= 0.3 is 5.69 Å². The average molecular weight is 707 g/mol. The number of hydrogen-bond donors (Lipinski definition) is 0. The van der Waals surface area contributed by atoms with Gasteiger partial charge < -0.3 is 24.0 Å². The van der Waals surface area contributed by atoms with E-state index >= 15 is 0 Å². The molecule has 0 bridgehead atoms. The van der Waals surface area contributed by atoms with Crippen molar-refractivity contribution in [1.82, 2.24) is 34.6 Å². The predicted molar refractivity (Wildman–Crippen MR) is 186 cm³/mol. The van der Waals surface area contributed by atoms with E-state index in [1.54, 1.807) is 29.1 Å². The molecule has 0 spiro atoms. The molecule has 4 heterocycles. The Kier molecular flexibility index (Phi) is 9.59. The van der Waals surface area contributed by atoms with Gasteiger partial charge in [0.1, 0.15) is 31.3 Å². The van der Waals surface area contributed by atoms with Crippen LogP contribution in [0.3, 0.4) is 0 Å². The summed E-state index contributed by atoms with van der Waals surface area (Å²) in [5.74, 6) is -0.485. The normalized spacial score (nSPS) is 20.1. The van der Waals surface area contributed by atoms with Crippen LogP contribution in [0.15, 0.2) is 84.2 Å². The number of benzene rings is 3. The van der Waals surface area contributed by atoms with Crippen LogP contribution in [0.5, 0.6) is 5.75 Å². The van der Waals surface area contributed by atoms with Gasteiger partial charge in [-0.3, -0.25) is 0 Å². The van der Waals surface area contributed by atoms with Crippen molar-refractivity contribution in [3.05, 3.63) is 105 Å². The van der Waals surface area contributed by atoms with E-state index in [4.69, 9.17) is 37.4 Å². The Morgan fingerprint density at radius 1 is 0.939 bits per heavy atom. The molecule has 0 aliphatic carbocycles. The van der Waals surface area contributed by atoms with Crippen molar-refractivity contribution in [2.75, 3.05) is 49.2 Å². The van der Waals surface area contributed by atoms with Crippen molar-refractivity contribution >= 4 is 34.6 Å². The van der Waals surface area contributed by atoms with Crippen molar-refractivity contribution in [1.29, 1.82) is 0 Å². The number of ether oxygens (including phenoxy) is 3. The number of piperazine rings is 1. The molecule has 15 heteroatoms. The van der Waals surface area contributed by atoms with Crippen LogP contribution in [0.25, 0.3) is 5.69 Å². The van der Waals surface area contributed by atoms with Gasteiger partial charge in [-0.25, -0.2) is 14.0 Å². The lowest BCUT2D eigenvalue weighted by Gasteiger charge is -2.37. The van der Waals surface area contributed by atoms with Crippen LogP contribution in [0, 0.1) is 0 Å². The molecule has 2 saturated heterocycles. The minimum atomic E-state index is -1.22. The minimum absolute atomic E-state index is 0.0627. The van der Waals surface area contributed by atoms with E-state index in [1.165, 1.54) is 15.8 Å². The molecule has 0 amide bonds. The molecule has 1 unspecified atom stereocenters. The highest BCUT2D eigenvalue weighted by atomic mass is 35.5. The summed E-state index contributed by atoms with van der Waals surface area (Å²) >= 11 is 12.7. The quantitative estimate of drug-likeness (QED) is 0.186. The van der Waals surface area contributed by atoms with Crippen LogP contribution in [0.1, 0.15) is 31.9 Å². The third-order valence-corrected chi connectivity index (χ3v) is 9.60. The number of anilines is 2. The summed E-state index contributed by atoms with van der Waals surface area (Å²) in [6.07, 6.45) is 3.44. The Labute approximate surface area is 293 Å². The van der Waals surface area contributed by atoms with E-state index in [0.717, 1.165) is 55.4 Å². The minimum Gasteiger partial charge on any atom is -0.491 e. The third-order valence-electron chi connectivity index (χ3n) is 9.05. The lowest BCUT2D eigenvalue weighted by Crippen LogP contribution is -2.46. The molecule has 0 N–H and O–H groups in total. The highest BCUT2D eigenvalue weighted by Crippen LogP contribution is 2.40. The summed E-state index contributed by atoms with van der Waals surface area (Å²) in [7, 11) is 0. The van der Waals surface area contributed by atoms with Crippen LogP contribution < -0.4 is 20.2 Å². The monoisotopic (exact) mass is 705 g/mol. The zero-order chi connectivity index (χ0) is 34.0. The second-order valence-corrected chi connectivity index (χ2v) is 13.0. The van der Waals surface area contributed by atoms with E-state index in [2.05, 4.69) is 54.6 Å². The Bertz CT molecular complexity index is 1910. The van der Waals surface area contributed by atoms with Crippen molar-refractivity contribution in [3.8, 4) is 11.4 Å². The van der Waals surface area contributed by atoms with Gasteiger partial charge in [0, 0.05) is 48.1 Å². The summed E-state index contributed by atoms with van der Waals surface area (Å²) < 4.78 is 21.9. The fourth-order valence-electron chi connectivity index (χ4n) is 6.16. The molecule has 2 aromatic heterocycles. The van der Waals surface area contributed by atoms with E-state index in [1.807, 2.05) is 38.1 Å². The summed E-state index contributed by atoms with van der Waals surface area (Å²) in [5.41, 5.74) is 3.59. The summed E-state index contributed by atoms with van der Waals surface area (Å²) in [4.78, 5) is 18.9. The van der Waals surface area contributed by atoms with Gasteiger partial charge in [0.15, 0.2) is 6.33 Å². The molecule has 2 aliphatic rings. The first-order chi connectivity index (χ1) is 23.8. The van der Waals surface area contributed by atoms with Crippen molar-refractivity contribution in [3.63, 3.8) is 0 Å². The Hall–Kier alpha value is -4.43. The Morgan fingerprint density at radius 2 is 1.61 bits per heavy atom. The maximum Gasteiger partial charge on any atom is 0.350 e. The molecule has 3 atom stereocenters. The molecule has 3 aromatic carbocycles. The highest BCUT2D eigenvalue weighted by molar-refractivity contribution is 6.35. The smallest absolute Gasteiger partial charge is 0.350 e. The second-order valence-electron chi connectivity index (χ2n) is 12.2. The van der Waals surface area contributed by atoms with Gasteiger partial charge in [-0.05, 0) is 79.2 Å². The van der Waals surface area contributed by atoms with Crippen molar-refractivity contribution in [2.45, 2.75) is 44.7 Å². The van der Waals surface area contributed by atoms with Gasteiger partial charge in [0.2, 0.25) is 5.79 Å². The third kappa shape index (κ3) is 7.02. The summed E-state index contributed by atoms with van der Waals surface area (Å²) in [5, 5.41) is 17.1. The fourth-order valence-corrected chi connectivity index (χ4v) is 6.71. The lowest BCUT2D eigenvalue weighted by molar-refractivity contribution is -0.192. The maximum absolute atomic E-state index is 12.8. The number of nitrogens with zero attached hydrogens (tertiary/aromatic N) is 9. The van der Waals surface area contributed by atoms with E-state index in [-0.39, 0.29) is 31.0 Å². The molecule has 13 nitrogen and oxygen atoms in total. The molecule has 5 aromatic rings. The van der Waals surface area contributed by atoms with Crippen molar-refractivity contribution < 1.29 is 14.2 Å². The van der Waals surface area contributed by atoms with Gasteiger partial charge in [0.05, 0.1) is 23.4 Å². The number of aromatic nitrogens is 7. The SMILES string of the molecule is CCC(C)n1ncn(-c2ccc(N3CCN(c4ccc(OC[C@@H]5CO[C@@](Cn6ncnn6)(c6ccc(Cl)cc6Cl)O5)cc4)CC3)cc2)c1=O. The topological polar surface area (TPSA) is 118 Å². The highest BCUT2D eigenvalue weighted by Gasteiger charge is 2.46. The first kappa shape index (κ1) is 33.1. The summed E-state index contributed by atoms with van der Waals surface area (Å²) in [6, 6.07) is 21.5. The van der Waals surface area contributed by atoms with Crippen LogP contribution in [0.2, 0.25) is 10.0 Å². The van der Waals surface area contributed by atoms with Gasteiger partial charge in [0.25, 0.3) is 0 Å². The molecule has 2 aliphatic heterocycles. The van der Waals surface area contributed by atoms with Crippen LogP contribution in [0.4, 0.5) is 11.4 Å². The molecule has 256 valence electrons. The molecule has 49 heavy (non-hydrogen) atoms. The van der Waals surface area contributed by atoms with Crippen molar-refractivity contribution in [2.24, 2.45) is 0 Å². The molecular weight excluding hydrogens is 669 g/mol. The lowest BCUT2D eigenvalue weighted by atomic mass is 10.1. The van der Waals surface area contributed by atoms with Crippen LogP contribution in [-0.4, -0.2) is 80.1 Å². The first-order valence-corrected chi connectivity index (χ1v) is 17.0. The zero-order valence-corrected chi connectivity index (χ0v) is 28.7. The molecule has 0 saturated carbocycles.